The number of hydrogen-bond donors (Lipinski definition) is 0. The minimum atomic E-state index is -1.94. The Bertz CT molecular complexity index is 1460. The molecule has 5 aliphatic rings. The number of halogens is 1. The van der Waals surface area contributed by atoms with Crippen LogP contribution in [0.4, 0.5) is 4.39 Å². The summed E-state index contributed by atoms with van der Waals surface area (Å²) in [6.45, 7) is 16.4. The molecule has 37 heavy (non-hydrogen) atoms. The average molecular weight is 516 g/mol. The predicted octanol–water partition coefficient (Wildman–Crippen LogP) is 8.55. The zero-order valence-electron chi connectivity index (χ0n) is 23.1. The number of benzene rings is 2. The Hall–Kier alpha value is -2.08. The molecule has 3 aliphatic carbocycles. The van der Waals surface area contributed by atoms with E-state index in [0.717, 1.165) is 46.9 Å². The van der Waals surface area contributed by atoms with E-state index in [1.165, 1.54) is 0 Å². The smallest absolute Gasteiger partial charge is 0.192 e. The first-order chi connectivity index (χ1) is 17.3. The molecule has 1 saturated heterocycles. The highest BCUT2D eigenvalue weighted by molar-refractivity contribution is 6.74. The van der Waals surface area contributed by atoms with Crippen LogP contribution in [0.2, 0.25) is 18.1 Å². The van der Waals surface area contributed by atoms with Crippen molar-refractivity contribution >= 4 is 19.1 Å². The van der Waals surface area contributed by atoms with E-state index in [2.05, 4.69) is 72.0 Å². The maximum Gasteiger partial charge on any atom is 0.192 e. The van der Waals surface area contributed by atoms with Crippen molar-refractivity contribution in [3.8, 4) is 11.3 Å². The maximum absolute atomic E-state index is 15.5. The normalized spacial score (nSPS) is 33.2. The van der Waals surface area contributed by atoms with Crippen molar-refractivity contribution in [3.63, 3.8) is 0 Å². The standard InChI is InChI=1S/C32H38FNO2Si/c1-29(2,3)37(6,7)36-25-17-32-28-27-22(24(35-32)16-31(28,32)18-30(25,4)5)15-23(33)26(34-27)21-13-12-19-10-8-9-11-20(19)14-21/h8-15,24-25,28H,16-18H2,1-7H3/t24-,25?,28-,31-,32-/m0/s1. The fourth-order valence-corrected chi connectivity index (χ4v) is 9.31. The molecule has 2 saturated carbocycles. The number of rotatable bonds is 3. The predicted molar refractivity (Wildman–Crippen MR) is 149 cm³/mol. The molecule has 1 unspecified atom stereocenters. The van der Waals surface area contributed by atoms with E-state index < -0.39 is 8.32 Å². The SMILES string of the molecule is CC1(C)C[C@]23C[C@@H]4O[C@@]2(CC1O[Si](C)(C)C(C)(C)C)[C@H]3c1nc(-c2ccc3ccccc3c2)c(F)cc14. The summed E-state index contributed by atoms with van der Waals surface area (Å²) in [4.78, 5) is 5.11. The van der Waals surface area contributed by atoms with E-state index in [1.807, 2.05) is 18.2 Å². The fourth-order valence-electron chi connectivity index (χ4n) is 7.84. The molecule has 3 nitrogen and oxygen atoms in total. The van der Waals surface area contributed by atoms with Gasteiger partial charge in [0.25, 0.3) is 0 Å². The van der Waals surface area contributed by atoms with Gasteiger partial charge in [-0.1, -0.05) is 71.0 Å². The molecule has 3 aromatic rings. The van der Waals surface area contributed by atoms with Gasteiger partial charge in [-0.2, -0.15) is 0 Å². The van der Waals surface area contributed by atoms with Crippen molar-refractivity contribution in [1.29, 1.82) is 0 Å². The number of ether oxygens (including phenoxy) is 1. The Balaban J connectivity index is 1.28. The van der Waals surface area contributed by atoms with E-state index >= 15 is 4.39 Å². The monoisotopic (exact) mass is 515 g/mol. The molecular weight excluding hydrogens is 477 g/mol. The minimum absolute atomic E-state index is 0.0601. The van der Waals surface area contributed by atoms with Crippen LogP contribution >= 0.6 is 0 Å². The van der Waals surface area contributed by atoms with Gasteiger partial charge >= 0.3 is 0 Å². The number of pyridine rings is 1. The molecule has 0 amide bonds. The van der Waals surface area contributed by atoms with Gasteiger partial charge in [0.1, 0.15) is 11.5 Å². The summed E-state index contributed by atoms with van der Waals surface area (Å²) < 4.78 is 29.4. The van der Waals surface area contributed by atoms with Gasteiger partial charge in [-0.15, -0.1) is 0 Å². The second kappa shape index (κ2) is 7.11. The van der Waals surface area contributed by atoms with Gasteiger partial charge < -0.3 is 9.16 Å². The fraction of sp³-hybridized carbons (Fsp3) is 0.531. The van der Waals surface area contributed by atoms with Gasteiger partial charge in [0, 0.05) is 28.9 Å². The second-order valence-electron chi connectivity index (χ2n) is 14.4. The molecule has 5 atom stereocenters. The number of aromatic nitrogens is 1. The highest BCUT2D eigenvalue weighted by Crippen LogP contribution is 2.87. The molecule has 0 radical (unpaired) electrons. The molecule has 2 spiro atoms. The third kappa shape index (κ3) is 3.08. The quantitative estimate of drug-likeness (QED) is 0.328. The van der Waals surface area contributed by atoms with Gasteiger partial charge in [0.2, 0.25) is 0 Å². The lowest BCUT2D eigenvalue weighted by atomic mass is 9.67. The van der Waals surface area contributed by atoms with Gasteiger partial charge in [-0.25, -0.2) is 9.37 Å². The minimum Gasteiger partial charge on any atom is -0.413 e. The summed E-state index contributed by atoms with van der Waals surface area (Å²) in [5.74, 6) is -0.0234. The maximum atomic E-state index is 15.5. The van der Waals surface area contributed by atoms with Crippen LogP contribution in [-0.2, 0) is 9.16 Å². The lowest BCUT2D eigenvalue weighted by molar-refractivity contribution is -0.0805. The molecule has 3 heterocycles. The van der Waals surface area contributed by atoms with Crippen molar-refractivity contribution in [2.24, 2.45) is 10.8 Å². The van der Waals surface area contributed by atoms with Crippen LogP contribution in [-0.4, -0.2) is 25.0 Å². The van der Waals surface area contributed by atoms with Crippen molar-refractivity contribution in [2.75, 3.05) is 0 Å². The summed E-state index contributed by atoms with van der Waals surface area (Å²) in [6.07, 6.45) is 3.07. The van der Waals surface area contributed by atoms with Crippen LogP contribution < -0.4 is 0 Å². The molecule has 5 heteroatoms. The van der Waals surface area contributed by atoms with E-state index in [4.69, 9.17) is 14.1 Å². The van der Waals surface area contributed by atoms with Crippen LogP contribution in [0.5, 0.6) is 0 Å². The lowest BCUT2D eigenvalue weighted by Crippen LogP contribution is -2.52. The zero-order valence-corrected chi connectivity index (χ0v) is 24.1. The van der Waals surface area contributed by atoms with E-state index in [1.54, 1.807) is 6.07 Å². The van der Waals surface area contributed by atoms with Crippen molar-refractivity contribution in [1.82, 2.24) is 4.98 Å². The zero-order chi connectivity index (χ0) is 26.2. The highest BCUT2D eigenvalue weighted by atomic mass is 28.4. The third-order valence-electron chi connectivity index (χ3n) is 10.7. The molecule has 0 N–H and O–H groups in total. The Morgan fingerprint density at radius 2 is 1.76 bits per heavy atom. The Kier molecular flexibility index (Phi) is 4.61. The molecule has 2 aliphatic heterocycles. The summed E-state index contributed by atoms with van der Waals surface area (Å²) in [6, 6.07) is 16.1. The van der Waals surface area contributed by atoms with Crippen molar-refractivity contribution in [2.45, 2.75) is 95.7 Å². The van der Waals surface area contributed by atoms with Crippen LogP contribution in [0, 0.1) is 16.6 Å². The van der Waals surface area contributed by atoms with Crippen LogP contribution in [0.3, 0.4) is 0 Å². The summed E-state index contributed by atoms with van der Waals surface area (Å²) in [5, 5.41) is 2.42. The molecule has 1 aromatic heterocycles. The number of nitrogens with zero attached hydrogens (tertiary/aromatic N) is 1. The third-order valence-corrected chi connectivity index (χ3v) is 15.2. The number of fused-ring (bicyclic) bond motifs is 1. The highest BCUT2D eigenvalue weighted by Gasteiger charge is 2.88. The lowest BCUT2D eigenvalue weighted by Gasteiger charge is -2.48. The van der Waals surface area contributed by atoms with Crippen LogP contribution in [0.1, 0.15) is 77.2 Å². The first-order valence-corrected chi connectivity index (χ1v) is 16.7. The second-order valence-corrected chi connectivity index (χ2v) is 19.1. The van der Waals surface area contributed by atoms with Gasteiger partial charge in [0.05, 0.1) is 23.5 Å². The first kappa shape index (κ1) is 24.0. The van der Waals surface area contributed by atoms with Crippen molar-refractivity contribution in [3.05, 3.63) is 65.6 Å². The molecule has 8 rings (SSSR count). The Labute approximate surface area is 220 Å². The number of hydrogen-bond acceptors (Lipinski definition) is 3. The van der Waals surface area contributed by atoms with E-state index in [0.29, 0.717) is 5.69 Å². The van der Waals surface area contributed by atoms with Crippen molar-refractivity contribution < 1.29 is 13.6 Å². The average Bonchev–Trinajstić information content (AvgIpc) is 3.23. The molecule has 2 aromatic carbocycles. The van der Waals surface area contributed by atoms with Gasteiger partial charge in [-0.05, 0) is 59.3 Å². The van der Waals surface area contributed by atoms with Gasteiger partial charge in [-0.3, -0.25) is 0 Å². The molecular formula is C32H38FNO2Si. The molecule has 4 bridgehead atoms. The van der Waals surface area contributed by atoms with E-state index in [-0.39, 0.29) is 45.4 Å². The summed E-state index contributed by atoms with van der Waals surface area (Å²) in [5.41, 5.74) is 3.31. The molecule has 194 valence electrons. The molecule has 3 fully saturated rings. The first-order valence-electron chi connectivity index (χ1n) is 13.8. The van der Waals surface area contributed by atoms with Crippen LogP contribution in [0.25, 0.3) is 22.0 Å². The van der Waals surface area contributed by atoms with E-state index in [9.17, 15) is 0 Å². The topological polar surface area (TPSA) is 31.4 Å². The van der Waals surface area contributed by atoms with Crippen LogP contribution in [0.15, 0.2) is 48.5 Å². The Morgan fingerprint density at radius 3 is 2.49 bits per heavy atom. The largest absolute Gasteiger partial charge is 0.413 e. The van der Waals surface area contributed by atoms with Gasteiger partial charge in [0.15, 0.2) is 8.32 Å². The summed E-state index contributed by atoms with van der Waals surface area (Å²) in [7, 11) is -1.94. The Morgan fingerprint density at radius 1 is 1.03 bits per heavy atom. The summed E-state index contributed by atoms with van der Waals surface area (Å²) >= 11 is 0.